The van der Waals surface area contributed by atoms with Gasteiger partial charge >= 0.3 is 0 Å². The van der Waals surface area contributed by atoms with Crippen LogP contribution in [0.25, 0.3) is 0 Å². The van der Waals surface area contributed by atoms with E-state index in [4.69, 9.17) is 11.5 Å². The van der Waals surface area contributed by atoms with Crippen molar-refractivity contribution >= 4 is 68.9 Å². The van der Waals surface area contributed by atoms with Crippen LogP contribution in [-0.2, 0) is 22.4 Å². The van der Waals surface area contributed by atoms with Gasteiger partial charge in [0.1, 0.15) is 5.00 Å². The first-order chi connectivity index (χ1) is 12.9. The van der Waals surface area contributed by atoms with E-state index in [9.17, 15) is 14.4 Å². The van der Waals surface area contributed by atoms with Gasteiger partial charge in [0.2, 0.25) is 11.8 Å². The summed E-state index contributed by atoms with van der Waals surface area (Å²) in [7, 11) is 0. The predicted molar refractivity (Wildman–Crippen MR) is 109 cm³/mol. The van der Waals surface area contributed by atoms with E-state index in [1.54, 1.807) is 0 Å². The molecule has 0 fully saturated rings. The van der Waals surface area contributed by atoms with Crippen molar-refractivity contribution in [1.82, 2.24) is 10.2 Å². The third-order valence-electron chi connectivity index (χ3n) is 3.72. The Morgan fingerprint density at radius 1 is 1.00 bits per heavy atom. The molecule has 1 aliphatic rings. The van der Waals surface area contributed by atoms with Gasteiger partial charge in [0.05, 0.1) is 17.1 Å². The molecule has 5 N–H and O–H groups in total. The molecule has 2 aromatic heterocycles. The van der Waals surface area contributed by atoms with Gasteiger partial charge in [-0.25, -0.2) is 0 Å². The number of nitrogens with two attached hydrogens (primary N) is 2. The molecule has 0 aliphatic heterocycles. The third-order valence-corrected chi connectivity index (χ3v) is 8.14. The van der Waals surface area contributed by atoms with Gasteiger partial charge in [-0.15, -0.1) is 21.5 Å². The van der Waals surface area contributed by atoms with E-state index in [1.165, 1.54) is 46.2 Å². The number of carbonyl (C=O) groups is 3. The minimum absolute atomic E-state index is 0.135. The number of fused-ring (bicyclic) bond motifs is 1. The molecular formula is C15H17N5O3S4. The number of aryl methyl sites for hydroxylation is 1. The molecule has 2 heterocycles. The van der Waals surface area contributed by atoms with Crippen LogP contribution in [0.5, 0.6) is 0 Å². The molecule has 0 radical (unpaired) electrons. The number of nitrogens with one attached hydrogen (secondary N) is 1. The van der Waals surface area contributed by atoms with Crippen LogP contribution < -0.4 is 16.8 Å². The van der Waals surface area contributed by atoms with Gasteiger partial charge in [-0.05, 0) is 31.2 Å². The molecule has 0 aromatic carbocycles. The molecule has 1 aliphatic carbocycles. The minimum atomic E-state index is -0.502. The number of aromatic nitrogens is 2. The van der Waals surface area contributed by atoms with E-state index in [2.05, 4.69) is 15.5 Å². The van der Waals surface area contributed by atoms with E-state index in [1.807, 2.05) is 0 Å². The Kier molecular flexibility index (Phi) is 6.73. The van der Waals surface area contributed by atoms with Gasteiger partial charge in [-0.3, -0.25) is 14.4 Å². The summed E-state index contributed by atoms with van der Waals surface area (Å²) in [6, 6.07) is 0. The summed E-state index contributed by atoms with van der Waals surface area (Å²) in [5.74, 6) is -0.887. The maximum absolute atomic E-state index is 12.3. The van der Waals surface area contributed by atoms with E-state index in [-0.39, 0.29) is 17.4 Å². The van der Waals surface area contributed by atoms with Crippen molar-refractivity contribution in [1.29, 1.82) is 0 Å². The fraction of sp³-hybridized carbons (Fsp3) is 0.400. The molecule has 3 rings (SSSR count). The highest BCUT2D eigenvalue weighted by atomic mass is 32.2. The SMILES string of the molecule is NC(=O)CSc1nnc(SCC(=O)Nc2sc3c(c2C(N)=O)CCCC3)s1. The first kappa shape index (κ1) is 20.1. The van der Waals surface area contributed by atoms with Gasteiger partial charge in [0.15, 0.2) is 8.68 Å². The van der Waals surface area contributed by atoms with Crippen molar-refractivity contribution in [2.75, 3.05) is 16.8 Å². The average molecular weight is 444 g/mol. The number of hydrogen-bond donors (Lipinski definition) is 3. The molecule has 0 unspecified atom stereocenters. The molecule has 144 valence electrons. The molecule has 0 saturated carbocycles. The van der Waals surface area contributed by atoms with Gasteiger partial charge in [-0.2, -0.15) is 0 Å². The standard InChI is InChI=1S/C15H17N5O3S4/c16-9(21)5-24-14-19-20-15(27-14)25-6-10(22)18-13-11(12(17)23)7-3-1-2-4-8(7)26-13/h1-6H2,(H2,16,21)(H2,17,23)(H,18,22). The van der Waals surface area contributed by atoms with Crippen LogP contribution in [0.3, 0.4) is 0 Å². The van der Waals surface area contributed by atoms with Crippen molar-refractivity contribution in [3.63, 3.8) is 0 Å². The van der Waals surface area contributed by atoms with Gasteiger partial charge in [0, 0.05) is 4.88 Å². The van der Waals surface area contributed by atoms with Gasteiger partial charge in [0.25, 0.3) is 5.91 Å². The second-order valence-corrected chi connectivity index (χ2v) is 10.2. The highest BCUT2D eigenvalue weighted by molar-refractivity contribution is 8.03. The molecule has 0 saturated heterocycles. The van der Waals surface area contributed by atoms with Crippen LogP contribution in [0, 0.1) is 0 Å². The number of anilines is 1. The molecule has 0 atom stereocenters. The summed E-state index contributed by atoms with van der Waals surface area (Å²) in [6.07, 6.45) is 3.86. The van der Waals surface area contributed by atoms with Crippen LogP contribution in [0.4, 0.5) is 5.00 Å². The van der Waals surface area contributed by atoms with Crippen molar-refractivity contribution in [2.24, 2.45) is 11.5 Å². The van der Waals surface area contributed by atoms with Crippen molar-refractivity contribution in [2.45, 2.75) is 34.4 Å². The lowest BCUT2D eigenvalue weighted by Gasteiger charge is -2.11. The molecule has 3 amide bonds. The molecule has 27 heavy (non-hydrogen) atoms. The zero-order valence-corrected chi connectivity index (χ0v) is 17.4. The fourth-order valence-electron chi connectivity index (χ4n) is 2.65. The first-order valence-corrected chi connectivity index (χ1v) is 11.7. The summed E-state index contributed by atoms with van der Waals surface area (Å²) in [5, 5.41) is 11.3. The lowest BCUT2D eigenvalue weighted by atomic mass is 9.95. The van der Waals surface area contributed by atoms with E-state index < -0.39 is 11.8 Å². The Hall–Kier alpha value is -1.63. The lowest BCUT2D eigenvalue weighted by Crippen LogP contribution is -2.19. The van der Waals surface area contributed by atoms with E-state index in [0.29, 0.717) is 19.2 Å². The molecule has 0 bridgehead atoms. The smallest absolute Gasteiger partial charge is 0.251 e. The maximum Gasteiger partial charge on any atom is 0.251 e. The monoisotopic (exact) mass is 443 g/mol. The quantitative estimate of drug-likeness (QED) is 0.529. The normalized spacial score (nSPS) is 13.2. The number of primary amides is 2. The van der Waals surface area contributed by atoms with E-state index >= 15 is 0 Å². The van der Waals surface area contributed by atoms with Gasteiger partial charge in [-0.1, -0.05) is 34.9 Å². The number of rotatable bonds is 8. The number of hydrogen-bond acceptors (Lipinski definition) is 9. The van der Waals surface area contributed by atoms with Crippen LogP contribution >= 0.6 is 46.2 Å². The van der Waals surface area contributed by atoms with Crippen molar-refractivity contribution in [3.8, 4) is 0 Å². The third kappa shape index (κ3) is 5.21. The second-order valence-electron chi connectivity index (χ2n) is 5.70. The van der Waals surface area contributed by atoms with Crippen molar-refractivity contribution in [3.05, 3.63) is 16.0 Å². The summed E-state index contributed by atoms with van der Waals surface area (Å²) in [4.78, 5) is 36.1. The van der Waals surface area contributed by atoms with Gasteiger partial charge < -0.3 is 16.8 Å². The highest BCUT2D eigenvalue weighted by Crippen LogP contribution is 2.38. The Morgan fingerprint density at radius 2 is 1.67 bits per heavy atom. The fourth-order valence-corrected chi connectivity index (χ4v) is 6.52. The Labute approximate surface area is 171 Å². The Bertz CT molecular complexity index is 879. The summed E-state index contributed by atoms with van der Waals surface area (Å²) < 4.78 is 1.25. The van der Waals surface area contributed by atoms with E-state index in [0.717, 1.165) is 36.1 Å². The molecule has 12 heteroatoms. The lowest BCUT2D eigenvalue weighted by molar-refractivity contribution is -0.115. The van der Waals surface area contributed by atoms with Crippen LogP contribution in [0.15, 0.2) is 8.68 Å². The maximum atomic E-state index is 12.3. The number of amides is 3. The predicted octanol–water partition coefficient (Wildman–Crippen LogP) is 1.89. The first-order valence-electron chi connectivity index (χ1n) is 8.05. The molecule has 0 spiro atoms. The van der Waals surface area contributed by atoms with Crippen LogP contribution in [0.2, 0.25) is 0 Å². The number of thiophene rings is 1. The number of nitrogens with zero attached hydrogens (tertiary/aromatic N) is 2. The highest BCUT2D eigenvalue weighted by Gasteiger charge is 2.25. The minimum Gasteiger partial charge on any atom is -0.369 e. The zero-order chi connectivity index (χ0) is 19.4. The second kappa shape index (κ2) is 9.04. The average Bonchev–Trinajstić information content (AvgIpc) is 3.21. The Balaban J connectivity index is 1.59. The molecular weight excluding hydrogens is 426 g/mol. The largest absolute Gasteiger partial charge is 0.369 e. The zero-order valence-electron chi connectivity index (χ0n) is 14.1. The summed E-state index contributed by atoms with van der Waals surface area (Å²) >= 11 is 5.19. The molecule has 8 nitrogen and oxygen atoms in total. The van der Waals surface area contributed by atoms with Crippen molar-refractivity contribution < 1.29 is 14.4 Å². The number of carbonyl (C=O) groups excluding carboxylic acids is 3. The topological polar surface area (TPSA) is 141 Å². The molecule has 2 aromatic rings. The summed E-state index contributed by atoms with van der Waals surface area (Å²) in [5.41, 5.74) is 12.1. The summed E-state index contributed by atoms with van der Waals surface area (Å²) in [6.45, 7) is 0. The van der Waals surface area contributed by atoms with Crippen LogP contribution in [0.1, 0.15) is 33.6 Å². The number of thioether (sulfide) groups is 2. The Morgan fingerprint density at radius 3 is 2.33 bits per heavy atom. The van der Waals surface area contributed by atoms with Crippen LogP contribution in [-0.4, -0.2) is 39.4 Å².